The van der Waals surface area contributed by atoms with Crippen LogP contribution < -0.4 is 0 Å². The summed E-state index contributed by atoms with van der Waals surface area (Å²) in [4.78, 5) is 15.5. The zero-order valence-electron chi connectivity index (χ0n) is 9.57. The first-order valence-electron chi connectivity index (χ1n) is 5.74. The number of Topliss-reactive ketones (excluding diaryl/α,β-unsaturated/α-hetero) is 1. The minimum atomic E-state index is 0.199. The van der Waals surface area contributed by atoms with E-state index in [9.17, 15) is 4.79 Å². The average molecular weight is 255 g/mol. The van der Waals surface area contributed by atoms with Crippen LogP contribution in [0.3, 0.4) is 0 Å². The first-order valence-corrected chi connectivity index (χ1v) is 7.78. The van der Waals surface area contributed by atoms with Gasteiger partial charge in [0.15, 0.2) is 0 Å². The maximum absolute atomic E-state index is 11.0. The molecule has 0 aliphatic carbocycles. The summed E-state index contributed by atoms with van der Waals surface area (Å²) in [5, 5.41) is 3.25. The molecule has 0 saturated carbocycles. The van der Waals surface area contributed by atoms with Gasteiger partial charge in [-0.2, -0.15) is 11.8 Å². The number of thiazole rings is 1. The Labute approximate surface area is 105 Å². The Morgan fingerprint density at radius 2 is 2.50 bits per heavy atom. The first kappa shape index (κ1) is 12.1. The SMILES string of the molecule is CC(=O)Cc1csc(CC2CCCSC2)n1. The smallest absolute Gasteiger partial charge is 0.135 e. The van der Waals surface area contributed by atoms with E-state index in [4.69, 9.17) is 0 Å². The quantitative estimate of drug-likeness (QED) is 0.828. The molecule has 1 aromatic heterocycles. The number of rotatable bonds is 4. The van der Waals surface area contributed by atoms with E-state index < -0.39 is 0 Å². The van der Waals surface area contributed by atoms with Gasteiger partial charge in [0.1, 0.15) is 5.78 Å². The lowest BCUT2D eigenvalue weighted by Gasteiger charge is -2.19. The number of carbonyl (C=O) groups excluding carboxylic acids is 1. The van der Waals surface area contributed by atoms with Gasteiger partial charge in [-0.15, -0.1) is 11.3 Å². The number of thioether (sulfide) groups is 1. The van der Waals surface area contributed by atoms with Crippen molar-refractivity contribution in [1.82, 2.24) is 4.98 Å². The summed E-state index contributed by atoms with van der Waals surface area (Å²) >= 11 is 3.78. The van der Waals surface area contributed by atoms with Crippen LogP contribution in [0.25, 0.3) is 0 Å². The van der Waals surface area contributed by atoms with E-state index in [1.165, 1.54) is 29.4 Å². The lowest BCUT2D eigenvalue weighted by atomic mass is 10.0. The predicted molar refractivity (Wildman–Crippen MR) is 70.3 cm³/mol. The van der Waals surface area contributed by atoms with Crippen LogP contribution in [0.4, 0.5) is 0 Å². The molecular formula is C12H17NOS2. The van der Waals surface area contributed by atoms with Gasteiger partial charge in [-0.25, -0.2) is 4.98 Å². The molecule has 1 aliphatic heterocycles. The Balaban J connectivity index is 1.88. The Bertz CT molecular complexity index is 356. The molecule has 1 fully saturated rings. The molecule has 1 unspecified atom stereocenters. The summed E-state index contributed by atoms with van der Waals surface area (Å²) in [5.41, 5.74) is 0.955. The van der Waals surface area contributed by atoms with Gasteiger partial charge in [-0.1, -0.05) is 0 Å². The van der Waals surface area contributed by atoms with Gasteiger partial charge in [-0.3, -0.25) is 4.79 Å². The molecule has 1 saturated heterocycles. The largest absolute Gasteiger partial charge is 0.300 e. The molecule has 0 aromatic carbocycles. The summed E-state index contributed by atoms with van der Waals surface area (Å²) in [6.07, 6.45) is 4.29. The average Bonchev–Trinajstić information content (AvgIpc) is 2.66. The molecular weight excluding hydrogens is 238 g/mol. The van der Waals surface area contributed by atoms with Gasteiger partial charge in [0.2, 0.25) is 0 Å². The number of nitrogens with zero attached hydrogens (tertiary/aromatic N) is 1. The van der Waals surface area contributed by atoms with E-state index in [0.29, 0.717) is 6.42 Å². The Morgan fingerprint density at radius 3 is 3.19 bits per heavy atom. The molecule has 0 spiro atoms. The van der Waals surface area contributed by atoms with Crippen molar-refractivity contribution in [2.75, 3.05) is 11.5 Å². The molecule has 2 heterocycles. The maximum Gasteiger partial charge on any atom is 0.135 e. The van der Waals surface area contributed by atoms with Crippen molar-refractivity contribution in [1.29, 1.82) is 0 Å². The number of hydrogen-bond acceptors (Lipinski definition) is 4. The third-order valence-corrected chi connectivity index (χ3v) is 4.95. The van der Waals surface area contributed by atoms with Crippen LogP contribution in [0.5, 0.6) is 0 Å². The van der Waals surface area contributed by atoms with Crippen LogP contribution >= 0.6 is 23.1 Å². The fourth-order valence-corrected chi connectivity index (χ4v) is 4.06. The maximum atomic E-state index is 11.0. The lowest BCUT2D eigenvalue weighted by molar-refractivity contribution is -0.116. The van der Waals surface area contributed by atoms with E-state index in [1.807, 2.05) is 5.38 Å². The Kier molecular flexibility index (Phi) is 4.41. The zero-order chi connectivity index (χ0) is 11.4. The Hall–Kier alpha value is -0.350. The van der Waals surface area contributed by atoms with Gasteiger partial charge in [0.25, 0.3) is 0 Å². The monoisotopic (exact) mass is 255 g/mol. The zero-order valence-corrected chi connectivity index (χ0v) is 11.2. The van der Waals surface area contributed by atoms with E-state index in [0.717, 1.165) is 18.0 Å². The fraction of sp³-hybridized carbons (Fsp3) is 0.667. The summed E-state index contributed by atoms with van der Waals surface area (Å²) in [6, 6.07) is 0. The van der Waals surface area contributed by atoms with E-state index in [-0.39, 0.29) is 5.78 Å². The predicted octanol–water partition coefficient (Wildman–Crippen LogP) is 2.96. The molecule has 2 nitrogen and oxygen atoms in total. The van der Waals surface area contributed by atoms with Crippen LogP contribution in [0.2, 0.25) is 0 Å². The van der Waals surface area contributed by atoms with Gasteiger partial charge >= 0.3 is 0 Å². The van der Waals surface area contributed by atoms with E-state index in [1.54, 1.807) is 18.3 Å². The summed E-state index contributed by atoms with van der Waals surface area (Å²) in [7, 11) is 0. The van der Waals surface area contributed by atoms with Crippen LogP contribution in [0.15, 0.2) is 5.38 Å². The summed E-state index contributed by atoms with van der Waals surface area (Å²) < 4.78 is 0. The third-order valence-electron chi connectivity index (χ3n) is 2.75. The normalized spacial score (nSPS) is 20.9. The second kappa shape index (κ2) is 5.82. The number of aromatic nitrogens is 1. The van der Waals surface area contributed by atoms with Gasteiger partial charge in [-0.05, 0) is 37.2 Å². The highest BCUT2D eigenvalue weighted by Crippen LogP contribution is 2.26. The molecule has 1 aromatic rings. The minimum Gasteiger partial charge on any atom is -0.300 e. The topological polar surface area (TPSA) is 30.0 Å². The third kappa shape index (κ3) is 3.59. The summed E-state index contributed by atoms with van der Waals surface area (Å²) in [5.74, 6) is 3.60. The molecule has 1 atom stereocenters. The molecule has 88 valence electrons. The molecule has 0 N–H and O–H groups in total. The van der Waals surface area contributed by atoms with Crippen molar-refractivity contribution in [3.63, 3.8) is 0 Å². The van der Waals surface area contributed by atoms with Crippen LogP contribution in [-0.4, -0.2) is 22.3 Å². The highest BCUT2D eigenvalue weighted by molar-refractivity contribution is 7.99. The molecule has 4 heteroatoms. The van der Waals surface area contributed by atoms with Crippen molar-refractivity contribution in [2.24, 2.45) is 5.92 Å². The Morgan fingerprint density at radius 1 is 1.62 bits per heavy atom. The van der Waals surface area contributed by atoms with Crippen molar-refractivity contribution < 1.29 is 4.79 Å². The standard InChI is InChI=1S/C12H17NOS2/c1-9(14)5-11-8-16-12(13-11)6-10-3-2-4-15-7-10/h8,10H,2-7H2,1H3. The molecule has 2 rings (SSSR count). The first-order chi connectivity index (χ1) is 7.74. The van der Waals surface area contributed by atoms with Crippen LogP contribution in [0.1, 0.15) is 30.5 Å². The molecule has 0 radical (unpaired) electrons. The van der Waals surface area contributed by atoms with Gasteiger partial charge in [0.05, 0.1) is 10.7 Å². The summed E-state index contributed by atoms with van der Waals surface area (Å²) in [6.45, 7) is 1.62. The fourth-order valence-electron chi connectivity index (χ4n) is 1.99. The number of carbonyl (C=O) groups is 1. The molecule has 16 heavy (non-hydrogen) atoms. The lowest BCUT2D eigenvalue weighted by Crippen LogP contribution is -2.13. The van der Waals surface area contributed by atoms with Crippen LogP contribution in [-0.2, 0) is 17.6 Å². The molecule has 0 bridgehead atoms. The second-order valence-electron chi connectivity index (χ2n) is 4.40. The highest BCUT2D eigenvalue weighted by Gasteiger charge is 2.16. The molecule has 1 aliphatic rings. The second-order valence-corrected chi connectivity index (χ2v) is 6.49. The van der Waals surface area contributed by atoms with Crippen molar-refractivity contribution in [3.05, 3.63) is 16.1 Å². The van der Waals surface area contributed by atoms with E-state index >= 15 is 0 Å². The van der Waals surface area contributed by atoms with Gasteiger partial charge in [0, 0.05) is 18.2 Å². The van der Waals surface area contributed by atoms with Crippen LogP contribution in [0, 0.1) is 5.92 Å². The van der Waals surface area contributed by atoms with Crippen molar-refractivity contribution in [2.45, 2.75) is 32.6 Å². The molecule has 0 amide bonds. The van der Waals surface area contributed by atoms with Crippen molar-refractivity contribution in [3.8, 4) is 0 Å². The highest BCUT2D eigenvalue weighted by atomic mass is 32.2. The van der Waals surface area contributed by atoms with Gasteiger partial charge < -0.3 is 0 Å². The number of ketones is 1. The number of hydrogen-bond donors (Lipinski definition) is 0. The van der Waals surface area contributed by atoms with Crippen molar-refractivity contribution >= 4 is 28.9 Å². The minimum absolute atomic E-state index is 0.199. The van der Waals surface area contributed by atoms with E-state index in [2.05, 4.69) is 16.7 Å².